The Morgan fingerprint density at radius 2 is 1.83 bits per heavy atom. The van der Waals surface area contributed by atoms with Crippen molar-refractivity contribution in [2.45, 2.75) is 6.92 Å². The fourth-order valence-corrected chi connectivity index (χ4v) is 1.96. The second kappa shape index (κ2) is 5.39. The maximum absolute atomic E-state index is 12.1. The monoisotopic (exact) mass is 352 g/mol. The van der Waals surface area contributed by atoms with Crippen molar-refractivity contribution in [3.05, 3.63) is 57.2 Å². The average molecular weight is 352 g/mol. The molecule has 92 valence electrons. The number of aryl methyl sites for hydroxylation is 1. The van der Waals surface area contributed by atoms with Gasteiger partial charge in [0.05, 0.1) is 5.56 Å². The van der Waals surface area contributed by atoms with Crippen LogP contribution in [0, 0.1) is 10.5 Å². The number of carbonyl (C=O) groups excluding carboxylic acids is 1. The van der Waals surface area contributed by atoms with Crippen molar-refractivity contribution in [2.75, 3.05) is 11.1 Å². The van der Waals surface area contributed by atoms with E-state index in [0.29, 0.717) is 11.3 Å². The molecule has 0 radical (unpaired) electrons. The summed E-state index contributed by atoms with van der Waals surface area (Å²) in [5.74, 6) is -0.183. The summed E-state index contributed by atoms with van der Waals surface area (Å²) in [4.78, 5) is 12.1. The third-order valence-electron chi connectivity index (χ3n) is 2.56. The predicted molar refractivity (Wildman–Crippen MR) is 82.7 cm³/mol. The Morgan fingerprint density at radius 3 is 2.50 bits per heavy atom. The van der Waals surface area contributed by atoms with Crippen molar-refractivity contribution in [1.29, 1.82) is 0 Å². The van der Waals surface area contributed by atoms with Crippen LogP contribution in [-0.2, 0) is 0 Å². The van der Waals surface area contributed by atoms with Gasteiger partial charge in [-0.25, -0.2) is 0 Å². The zero-order chi connectivity index (χ0) is 13.1. The van der Waals surface area contributed by atoms with Crippen molar-refractivity contribution >= 4 is 39.9 Å². The van der Waals surface area contributed by atoms with E-state index in [0.717, 1.165) is 14.8 Å². The number of nitrogens with one attached hydrogen (secondary N) is 1. The van der Waals surface area contributed by atoms with Crippen LogP contribution < -0.4 is 11.1 Å². The van der Waals surface area contributed by atoms with E-state index < -0.39 is 0 Å². The zero-order valence-corrected chi connectivity index (χ0v) is 12.1. The third-order valence-corrected chi connectivity index (χ3v) is 3.27. The Labute approximate surface area is 120 Å². The molecule has 0 fully saturated rings. The molecule has 18 heavy (non-hydrogen) atoms. The highest BCUT2D eigenvalue weighted by Gasteiger charge is 2.09. The Morgan fingerprint density at radius 1 is 1.17 bits per heavy atom. The van der Waals surface area contributed by atoms with Gasteiger partial charge in [0.2, 0.25) is 0 Å². The second-order valence-corrected chi connectivity index (χ2v) is 5.30. The van der Waals surface area contributed by atoms with Gasteiger partial charge >= 0.3 is 0 Å². The van der Waals surface area contributed by atoms with E-state index in [9.17, 15) is 4.79 Å². The van der Waals surface area contributed by atoms with Crippen LogP contribution in [0.4, 0.5) is 11.4 Å². The van der Waals surface area contributed by atoms with Crippen LogP contribution in [0.15, 0.2) is 42.5 Å². The standard InChI is InChI=1S/C14H13IN2O/c1-9-2-7-13(16)12(8-9)14(18)17-11-5-3-10(15)4-6-11/h2-8H,16H2,1H3,(H,17,18). The number of halogens is 1. The fourth-order valence-electron chi connectivity index (χ4n) is 1.60. The van der Waals surface area contributed by atoms with E-state index in [2.05, 4.69) is 27.9 Å². The van der Waals surface area contributed by atoms with Gasteiger partial charge in [-0.2, -0.15) is 0 Å². The Kier molecular flexibility index (Phi) is 3.86. The van der Waals surface area contributed by atoms with Crippen LogP contribution in [0.2, 0.25) is 0 Å². The summed E-state index contributed by atoms with van der Waals surface area (Å²) in [6, 6.07) is 13.0. The van der Waals surface area contributed by atoms with Gasteiger partial charge in [-0.1, -0.05) is 11.6 Å². The lowest BCUT2D eigenvalue weighted by molar-refractivity contribution is 0.102. The summed E-state index contributed by atoms with van der Waals surface area (Å²) >= 11 is 2.22. The predicted octanol–water partition coefficient (Wildman–Crippen LogP) is 3.43. The Balaban J connectivity index is 2.21. The van der Waals surface area contributed by atoms with E-state index in [-0.39, 0.29) is 5.91 Å². The van der Waals surface area contributed by atoms with Crippen LogP contribution in [0.1, 0.15) is 15.9 Å². The zero-order valence-electron chi connectivity index (χ0n) is 9.91. The maximum Gasteiger partial charge on any atom is 0.257 e. The van der Waals surface area contributed by atoms with E-state index in [1.165, 1.54) is 0 Å². The normalized spacial score (nSPS) is 10.1. The van der Waals surface area contributed by atoms with Crippen molar-refractivity contribution in [3.63, 3.8) is 0 Å². The fraction of sp³-hybridized carbons (Fsp3) is 0.0714. The van der Waals surface area contributed by atoms with E-state index in [1.807, 2.05) is 37.3 Å². The largest absolute Gasteiger partial charge is 0.398 e. The number of nitrogen functional groups attached to an aromatic ring is 1. The quantitative estimate of drug-likeness (QED) is 0.643. The van der Waals surface area contributed by atoms with Gasteiger partial charge in [-0.3, -0.25) is 4.79 Å². The molecule has 0 atom stereocenters. The lowest BCUT2D eigenvalue weighted by atomic mass is 10.1. The number of nitrogens with two attached hydrogens (primary N) is 1. The number of hydrogen-bond donors (Lipinski definition) is 2. The minimum Gasteiger partial charge on any atom is -0.398 e. The molecule has 3 nitrogen and oxygen atoms in total. The lowest BCUT2D eigenvalue weighted by Crippen LogP contribution is -2.14. The average Bonchev–Trinajstić information content (AvgIpc) is 2.35. The molecule has 2 rings (SSSR count). The van der Waals surface area contributed by atoms with Gasteiger partial charge in [0.1, 0.15) is 0 Å². The highest BCUT2D eigenvalue weighted by molar-refractivity contribution is 14.1. The van der Waals surface area contributed by atoms with Crippen molar-refractivity contribution < 1.29 is 4.79 Å². The molecule has 0 saturated carbocycles. The van der Waals surface area contributed by atoms with Gasteiger partial charge in [-0.05, 0) is 65.9 Å². The number of carbonyl (C=O) groups is 1. The molecule has 0 bridgehead atoms. The minimum absolute atomic E-state index is 0.183. The van der Waals surface area contributed by atoms with Crippen molar-refractivity contribution in [2.24, 2.45) is 0 Å². The molecule has 0 spiro atoms. The smallest absolute Gasteiger partial charge is 0.257 e. The van der Waals surface area contributed by atoms with E-state index in [1.54, 1.807) is 12.1 Å². The molecule has 0 unspecified atom stereocenters. The first-order valence-electron chi connectivity index (χ1n) is 5.49. The van der Waals surface area contributed by atoms with Crippen LogP contribution in [0.3, 0.4) is 0 Å². The molecule has 0 aliphatic carbocycles. The molecule has 2 aromatic rings. The summed E-state index contributed by atoms with van der Waals surface area (Å²) in [5.41, 5.74) is 8.58. The molecule has 0 heterocycles. The van der Waals surface area contributed by atoms with Gasteiger partial charge in [0.15, 0.2) is 0 Å². The number of amides is 1. The molecular weight excluding hydrogens is 339 g/mol. The first-order chi connectivity index (χ1) is 8.56. The molecule has 3 N–H and O–H groups in total. The van der Waals surface area contributed by atoms with Crippen molar-refractivity contribution in [1.82, 2.24) is 0 Å². The molecular formula is C14H13IN2O. The van der Waals surface area contributed by atoms with E-state index in [4.69, 9.17) is 5.73 Å². The summed E-state index contributed by atoms with van der Waals surface area (Å²) < 4.78 is 1.13. The molecule has 0 aliphatic heterocycles. The minimum atomic E-state index is -0.183. The summed E-state index contributed by atoms with van der Waals surface area (Å²) in [6.07, 6.45) is 0. The Bertz CT molecular complexity index is 579. The highest BCUT2D eigenvalue weighted by atomic mass is 127. The molecule has 1 amide bonds. The second-order valence-electron chi connectivity index (χ2n) is 4.05. The van der Waals surface area contributed by atoms with E-state index >= 15 is 0 Å². The van der Waals surface area contributed by atoms with Crippen molar-refractivity contribution in [3.8, 4) is 0 Å². The first-order valence-corrected chi connectivity index (χ1v) is 6.57. The van der Waals surface area contributed by atoms with Crippen LogP contribution in [-0.4, -0.2) is 5.91 Å². The Hall–Kier alpha value is -1.56. The van der Waals surface area contributed by atoms with Crippen LogP contribution in [0.5, 0.6) is 0 Å². The number of anilines is 2. The van der Waals surface area contributed by atoms with Gasteiger partial charge in [0.25, 0.3) is 5.91 Å². The topological polar surface area (TPSA) is 55.1 Å². The number of rotatable bonds is 2. The maximum atomic E-state index is 12.1. The van der Waals surface area contributed by atoms with Gasteiger partial charge < -0.3 is 11.1 Å². The molecule has 0 aliphatic rings. The molecule has 0 saturated heterocycles. The molecule has 2 aromatic carbocycles. The number of hydrogen-bond acceptors (Lipinski definition) is 2. The van der Waals surface area contributed by atoms with Gasteiger partial charge in [-0.15, -0.1) is 0 Å². The molecule has 4 heteroatoms. The summed E-state index contributed by atoms with van der Waals surface area (Å²) in [7, 11) is 0. The lowest BCUT2D eigenvalue weighted by Gasteiger charge is -2.08. The SMILES string of the molecule is Cc1ccc(N)c(C(=O)Nc2ccc(I)cc2)c1. The molecule has 0 aromatic heterocycles. The third kappa shape index (κ3) is 3.01. The van der Waals surface area contributed by atoms with Gasteiger partial charge in [0, 0.05) is 14.9 Å². The van der Waals surface area contributed by atoms with Crippen LogP contribution >= 0.6 is 22.6 Å². The number of benzene rings is 2. The first kappa shape index (κ1) is 12.9. The summed E-state index contributed by atoms with van der Waals surface area (Å²) in [5, 5.41) is 2.83. The van der Waals surface area contributed by atoms with Crippen LogP contribution in [0.25, 0.3) is 0 Å². The summed E-state index contributed by atoms with van der Waals surface area (Å²) in [6.45, 7) is 1.93. The highest BCUT2D eigenvalue weighted by Crippen LogP contribution is 2.17.